The summed E-state index contributed by atoms with van der Waals surface area (Å²) in [5.41, 5.74) is 2.22. The van der Waals surface area contributed by atoms with E-state index in [9.17, 15) is 0 Å². The van der Waals surface area contributed by atoms with Crippen molar-refractivity contribution in [2.75, 3.05) is 0 Å². The van der Waals surface area contributed by atoms with E-state index in [1.165, 1.54) is 31.3 Å². The van der Waals surface area contributed by atoms with Crippen molar-refractivity contribution in [3.8, 4) is 0 Å². The van der Waals surface area contributed by atoms with E-state index in [0.717, 1.165) is 23.7 Å². The summed E-state index contributed by atoms with van der Waals surface area (Å²) < 4.78 is 0. The Morgan fingerprint density at radius 1 is 0.950 bits per heavy atom. The monoisotopic (exact) mass is 278 g/mol. The van der Waals surface area contributed by atoms with Gasteiger partial charge in [-0.3, -0.25) is 0 Å². The summed E-state index contributed by atoms with van der Waals surface area (Å²) in [4.78, 5) is 0. The molecule has 0 aliphatic heterocycles. The highest BCUT2D eigenvalue weighted by Crippen LogP contribution is 2.52. The smallest absolute Gasteiger partial charge is 0.0323 e. The molecule has 1 rings (SSSR count). The van der Waals surface area contributed by atoms with E-state index in [0.29, 0.717) is 10.8 Å². The van der Waals surface area contributed by atoms with Gasteiger partial charge < -0.3 is 0 Å². The highest BCUT2D eigenvalue weighted by molar-refractivity contribution is 4.95. The molecule has 1 aliphatic carbocycles. The molecule has 0 nitrogen and oxygen atoms in total. The Morgan fingerprint density at radius 3 is 1.65 bits per heavy atom. The van der Waals surface area contributed by atoms with Gasteiger partial charge in [-0.1, -0.05) is 54.0 Å². The van der Waals surface area contributed by atoms with Crippen LogP contribution in [0.1, 0.15) is 81.1 Å². The molecule has 0 aromatic rings. The number of hydrogen-bond donors (Lipinski definition) is 0. The van der Waals surface area contributed by atoms with Gasteiger partial charge in [0.25, 0.3) is 0 Å². The lowest BCUT2D eigenvalue weighted by Gasteiger charge is -2.50. The molecule has 0 aromatic heterocycles. The molecule has 2 unspecified atom stereocenters. The first-order valence-corrected chi connectivity index (χ1v) is 8.57. The summed E-state index contributed by atoms with van der Waals surface area (Å²) in [6, 6.07) is 0. The first kappa shape index (κ1) is 17.8. The molecule has 0 spiro atoms. The second-order valence-electron chi connectivity index (χ2n) is 9.64. The number of rotatable bonds is 3. The largest absolute Gasteiger partial charge is 0.100 e. The summed E-state index contributed by atoms with van der Waals surface area (Å²) in [6.07, 6.45) is 5.41. The second kappa shape index (κ2) is 6.24. The zero-order valence-electron chi connectivity index (χ0n) is 15.3. The van der Waals surface area contributed by atoms with Gasteiger partial charge in [0, 0.05) is 0 Å². The van der Waals surface area contributed by atoms with E-state index in [2.05, 4.69) is 62.0 Å². The minimum absolute atomic E-state index is 0.435. The summed E-state index contributed by atoms with van der Waals surface area (Å²) in [5.74, 6) is 3.46. The van der Waals surface area contributed by atoms with Crippen LogP contribution < -0.4 is 0 Å². The lowest BCUT2D eigenvalue weighted by molar-refractivity contribution is -0.0104. The van der Waals surface area contributed by atoms with Gasteiger partial charge >= 0.3 is 0 Å². The molecule has 0 aromatic carbocycles. The normalized spacial score (nSPS) is 32.2. The van der Waals surface area contributed by atoms with Crippen LogP contribution >= 0.6 is 0 Å². The van der Waals surface area contributed by atoms with Crippen LogP contribution in [0.4, 0.5) is 0 Å². The van der Waals surface area contributed by atoms with Crippen molar-refractivity contribution < 1.29 is 0 Å². The average Bonchev–Trinajstić information content (AvgIpc) is 2.24. The molecule has 1 saturated carbocycles. The van der Waals surface area contributed by atoms with Crippen molar-refractivity contribution in [2.45, 2.75) is 81.1 Å². The van der Waals surface area contributed by atoms with E-state index < -0.39 is 0 Å². The van der Waals surface area contributed by atoms with Crippen molar-refractivity contribution in [3.05, 3.63) is 12.2 Å². The van der Waals surface area contributed by atoms with Crippen molar-refractivity contribution in [1.82, 2.24) is 0 Å². The Balaban J connectivity index is 2.89. The molecular weight excluding hydrogens is 240 g/mol. The third-order valence-electron chi connectivity index (χ3n) is 5.65. The molecule has 118 valence electrons. The quantitative estimate of drug-likeness (QED) is 0.503. The predicted molar refractivity (Wildman–Crippen MR) is 91.8 cm³/mol. The van der Waals surface area contributed by atoms with Crippen LogP contribution in [0.3, 0.4) is 0 Å². The van der Waals surface area contributed by atoms with Gasteiger partial charge in [0.2, 0.25) is 0 Å². The van der Waals surface area contributed by atoms with Crippen LogP contribution in [0.5, 0.6) is 0 Å². The molecule has 0 saturated heterocycles. The molecule has 0 bridgehead atoms. The third-order valence-corrected chi connectivity index (χ3v) is 5.65. The number of hydrogen-bond acceptors (Lipinski definition) is 0. The van der Waals surface area contributed by atoms with Crippen molar-refractivity contribution in [2.24, 2.45) is 34.5 Å². The molecule has 0 amide bonds. The maximum absolute atomic E-state index is 4.09. The molecule has 0 radical (unpaired) electrons. The van der Waals surface area contributed by atoms with Crippen molar-refractivity contribution >= 4 is 0 Å². The fraction of sp³-hybridized carbons (Fsp3) is 0.900. The summed E-state index contributed by atoms with van der Waals surface area (Å²) in [6.45, 7) is 23.4. The van der Waals surface area contributed by atoms with Gasteiger partial charge in [-0.2, -0.15) is 0 Å². The van der Waals surface area contributed by atoms with Gasteiger partial charge in [0.05, 0.1) is 0 Å². The number of allylic oxidation sites excluding steroid dienone is 1. The predicted octanol–water partition coefficient (Wildman–Crippen LogP) is 6.71. The maximum atomic E-state index is 4.09. The van der Waals surface area contributed by atoms with Crippen molar-refractivity contribution in [1.29, 1.82) is 0 Å². The zero-order chi connectivity index (χ0) is 15.7. The standard InChI is InChI=1S/C20H38/c1-14(2)10-11-16-12-17(19(4,5)6)15(3)18(13-16)20(7,8)9/h15-18H,1,10-13H2,2-9H3. The van der Waals surface area contributed by atoms with Gasteiger partial charge in [-0.15, -0.1) is 6.58 Å². The lowest BCUT2D eigenvalue weighted by Crippen LogP contribution is -2.42. The average molecular weight is 279 g/mol. The van der Waals surface area contributed by atoms with E-state index in [4.69, 9.17) is 0 Å². The van der Waals surface area contributed by atoms with Gasteiger partial charge in [0.1, 0.15) is 0 Å². The van der Waals surface area contributed by atoms with Crippen molar-refractivity contribution in [3.63, 3.8) is 0 Å². The van der Waals surface area contributed by atoms with E-state index in [-0.39, 0.29) is 0 Å². The minimum Gasteiger partial charge on any atom is -0.100 e. The van der Waals surface area contributed by atoms with Gasteiger partial charge in [0.15, 0.2) is 0 Å². The topological polar surface area (TPSA) is 0 Å². The van der Waals surface area contributed by atoms with Crippen LogP contribution in [0.25, 0.3) is 0 Å². The molecule has 1 aliphatic rings. The summed E-state index contributed by atoms with van der Waals surface area (Å²) >= 11 is 0. The Kier molecular flexibility index (Phi) is 5.55. The van der Waals surface area contributed by atoms with Crippen LogP contribution in [0, 0.1) is 34.5 Å². The fourth-order valence-electron chi connectivity index (χ4n) is 4.49. The van der Waals surface area contributed by atoms with Crippen LogP contribution in [0.15, 0.2) is 12.2 Å². The third kappa shape index (κ3) is 4.64. The molecule has 0 heterocycles. The maximum Gasteiger partial charge on any atom is -0.0323 e. The molecule has 0 N–H and O–H groups in total. The molecule has 0 heteroatoms. The van der Waals surface area contributed by atoms with E-state index in [1.807, 2.05) is 0 Å². The van der Waals surface area contributed by atoms with Crippen LogP contribution in [-0.4, -0.2) is 0 Å². The SMILES string of the molecule is C=C(C)CCC1CC(C(C)(C)C)C(C)C(C(C)(C)C)C1. The van der Waals surface area contributed by atoms with Crippen LogP contribution in [0.2, 0.25) is 0 Å². The van der Waals surface area contributed by atoms with E-state index >= 15 is 0 Å². The van der Waals surface area contributed by atoms with Crippen LogP contribution in [-0.2, 0) is 0 Å². The van der Waals surface area contributed by atoms with E-state index in [1.54, 1.807) is 0 Å². The lowest BCUT2D eigenvalue weighted by atomic mass is 9.55. The summed E-state index contributed by atoms with van der Waals surface area (Å²) in [7, 11) is 0. The summed E-state index contributed by atoms with van der Waals surface area (Å²) in [5, 5.41) is 0. The molecule has 1 fully saturated rings. The Morgan fingerprint density at radius 2 is 1.35 bits per heavy atom. The minimum atomic E-state index is 0.435. The Hall–Kier alpha value is -0.260. The van der Waals surface area contributed by atoms with Gasteiger partial charge in [-0.05, 0) is 67.1 Å². The van der Waals surface area contributed by atoms with Gasteiger partial charge in [-0.25, -0.2) is 0 Å². The first-order valence-electron chi connectivity index (χ1n) is 8.57. The molecule has 2 atom stereocenters. The zero-order valence-corrected chi connectivity index (χ0v) is 15.3. The fourth-order valence-corrected chi connectivity index (χ4v) is 4.49. The molecular formula is C20H38. The Bertz CT molecular complexity index is 299. The first-order chi connectivity index (χ1) is 8.93. The highest BCUT2D eigenvalue weighted by atomic mass is 14.5. The Labute approximate surface area is 128 Å². The highest BCUT2D eigenvalue weighted by Gasteiger charge is 2.44. The second-order valence-corrected chi connectivity index (χ2v) is 9.64. The molecule has 20 heavy (non-hydrogen) atoms.